The van der Waals surface area contributed by atoms with Crippen molar-refractivity contribution < 1.29 is 32.9 Å². The van der Waals surface area contributed by atoms with Gasteiger partial charge in [0.15, 0.2) is 6.29 Å². The Balaban J connectivity index is 1.35. The second-order valence-corrected chi connectivity index (χ2v) is 11.7. The Labute approximate surface area is 248 Å². The smallest absolute Gasteiger partial charge is 0.248 e. The van der Waals surface area contributed by atoms with Crippen LogP contribution in [0.1, 0.15) is 61.6 Å². The molecule has 42 heavy (non-hydrogen) atoms. The zero-order valence-corrected chi connectivity index (χ0v) is 25.2. The molecule has 2 fully saturated rings. The van der Waals surface area contributed by atoms with Crippen molar-refractivity contribution >= 4 is 5.91 Å². The number of nitrogens with zero attached hydrogens (tertiary/aromatic N) is 2. The largest absolute Gasteiger partial charge is 0.508 e. The van der Waals surface area contributed by atoms with Crippen molar-refractivity contribution in [3.63, 3.8) is 0 Å². The molecule has 4 rings (SSSR count). The molecular formula is C33H46F2N2O5. The summed E-state index contributed by atoms with van der Waals surface area (Å²) in [5.41, 5.74) is 2.98. The molecule has 1 aliphatic carbocycles. The van der Waals surface area contributed by atoms with E-state index >= 15 is 0 Å². The van der Waals surface area contributed by atoms with E-state index in [4.69, 9.17) is 14.2 Å². The lowest BCUT2D eigenvalue weighted by Gasteiger charge is -2.42. The highest BCUT2D eigenvalue weighted by Crippen LogP contribution is 2.45. The third kappa shape index (κ3) is 8.07. The van der Waals surface area contributed by atoms with E-state index < -0.39 is 12.2 Å². The average Bonchev–Trinajstić information content (AvgIpc) is 3.00. The molecule has 0 aromatic heterocycles. The van der Waals surface area contributed by atoms with Crippen LogP contribution >= 0.6 is 0 Å². The summed E-state index contributed by atoms with van der Waals surface area (Å²) in [5.74, 6) is -2.51. The fraction of sp³-hybridized carbons (Fsp3) is 0.606. The molecule has 0 atom stereocenters. The summed E-state index contributed by atoms with van der Waals surface area (Å²) in [6.45, 7) is 2.75. The number of amides is 1. The summed E-state index contributed by atoms with van der Waals surface area (Å²) >= 11 is 0. The van der Waals surface area contributed by atoms with Gasteiger partial charge in [0.05, 0.1) is 26.2 Å². The number of aromatic hydroxyl groups is 1. The van der Waals surface area contributed by atoms with Gasteiger partial charge in [-0.3, -0.25) is 4.79 Å². The van der Waals surface area contributed by atoms with Gasteiger partial charge in [0, 0.05) is 44.1 Å². The number of piperidine rings is 1. The Kier molecular flexibility index (Phi) is 11.3. The number of benzene rings is 2. The van der Waals surface area contributed by atoms with Gasteiger partial charge < -0.3 is 29.1 Å². The number of hydrogen-bond donors (Lipinski definition) is 1. The fourth-order valence-electron chi connectivity index (χ4n) is 6.39. The van der Waals surface area contributed by atoms with Crippen molar-refractivity contribution in [1.82, 2.24) is 9.80 Å². The number of alkyl halides is 2. The summed E-state index contributed by atoms with van der Waals surface area (Å²) in [6, 6.07) is 16.0. The zero-order chi connectivity index (χ0) is 30.2. The second-order valence-electron chi connectivity index (χ2n) is 11.7. The normalized spacial score (nSPS) is 19.2. The summed E-state index contributed by atoms with van der Waals surface area (Å²) < 4.78 is 44.0. The first-order valence-electron chi connectivity index (χ1n) is 15.0. The molecule has 2 aromatic carbocycles. The number of rotatable bonds is 13. The Hall–Kier alpha value is -2.59. The Morgan fingerprint density at radius 2 is 1.69 bits per heavy atom. The van der Waals surface area contributed by atoms with E-state index in [1.54, 1.807) is 11.0 Å². The third-order valence-corrected chi connectivity index (χ3v) is 9.06. The van der Waals surface area contributed by atoms with Crippen molar-refractivity contribution in [3.05, 3.63) is 65.2 Å². The number of halogens is 2. The minimum Gasteiger partial charge on any atom is -0.508 e. The summed E-state index contributed by atoms with van der Waals surface area (Å²) in [7, 11) is 5.13. The summed E-state index contributed by atoms with van der Waals surface area (Å²) in [4.78, 5) is 17.1. The van der Waals surface area contributed by atoms with Crippen LogP contribution in [0.2, 0.25) is 0 Å². The van der Waals surface area contributed by atoms with Crippen molar-refractivity contribution in [2.24, 2.45) is 0 Å². The number of ether oxygens (including phenoxy) is 3. The van der Waals surface area contributed by atoms with E-state index in [-0.39, 0.29) is 62.6 Å². The van der Waals surface area contributed by atoms with Gasteiger partial charge in [-0.1, -0.05) is 42.5 Å². The van der Waals surface area contributed by atoms with Gasteiger partial charge in [0.25, 0.3) is 0 Å². The first-order valence-corrected chi connectivity index (χ1v) is 15.0. The molecule has 1 amide bonds. The number of hydrogen-bond acceptors (Lipinski definition) is 6. The van der Waals surface area contributed by atoms with E-state index in [0.29, 0.717) is 18.8 Å². The molecule has 0 unspecified atom stereocenters. The maximum atomic E-state index is 13.8. The van der Waals surface area contributed by atoms with E-state index in [0.717, 1.165) is 37.1 Å². The van der Waals surface area contributed by atoms with Gasteiger partial charge in [0.1, 0.15) is 5.75 Å². The summed E-state index contributed by atoms with van der Waals surface area (Å²) in [5, 5.41) is 11.0. The zero-order valence-electron chi connectivity index (χ0n) is 25.2. The van der Waals surface area contributed by atoms with Gasteiger partial charge in [-0.05, 0) is 69.4 Å². The molecule has 0 spiro atoms. The van der Waals surface area contributed by atoms with Crippen LogP contribution in [-0.2, 0) is 30.8 Å². The molecule has 2 aromatic rings. The molecule has 1 aliphatic heterocycles. The van der Waals surface area contributed by atoms with Gasteiger partial charge in [-0.15, -0.1) is 0 Å². The van der Waals surface area contributed by atoms with Gasteiger partial charge in [0.2, 0.25) is 11.8 Å². The lowest BCUT2D eigenvalue weighted by atomic mass is 9.67. The minimum atomic E-state index is -2.67. The highest BCUT2D eigenvalue weighted by atomic mass is 19.3. The van der Waals surface area contributed by atoms with Crippen LogP contribution in [0.5, 0.6) is 5.75 Å². The predicted octanol–water partition coefficient (Wildman–Crippen LogP) is 5.38. The van der Waals surface area contributed by atoms with Crippen LogP contribution in [0.3, 0.4) is 0 Å². The minimum absolute atomic E-state index is 0.150. The molecule has 1 saturated carbocycles. The van der Waals surface area contributed by atoms with E-state index in [9.17, 15) is 18.7 Å². The SMILES string of the molecule is COC(CN(C(=O)CCOCCc1ccc(O)c(C2(c3ccccc3)CCN(C)CC2)c1)C1CCC(F)(F)CC1)OC. The predicted molar refractivity (Wildman–Crippen MR) is 158 cm³/mol. The first kappa shape index (κ1) is 32.3. The van der Waals surface area contributed by atoms with Crippen LogP contribution < -0.4 is 0 Å². The van der Waals surface area contributed by atoms with E-state index in [2.05, 4.69) is 42.3 Å². The fourth-order valence-corrected chi connectivity index (χ4v) is 6.39. The molecule has 0 bridgehead atoms. The molecule has 1 N–H and O–H groups in total. The number of likely N-dealkylation sites (tertiary alicyclic amines) is 1. The van der Waals surface area contributed by atoms with Crippen molar-refractivity contribution in [3.8, 4) is 5.75 Å². The lowest BCUT2D eigenvalue weighted by Crippen LogP contribution is -2.48. The van der Waals surface area contributed by atoms with Crippen LogP contribution in [0, 0.1) is 0 Å². The third-order valence-electron chi connectivity index (χ3n) is 9.06. The van der Waals surface area contributed by atoms with Gasteiger partial charge in [-0.25, -0.2) is 8.78 Å². The van der Waals surface area contributed by atoms with Crippen LogP contribution in [0.4, 0.5) is 8.78 Å². The molecule has 1 heterocycles. The summed E-state index contributed by atoms with van der Waals surface area (Å²) in [6.07, 6.45) is 2.08. The number of carbonyl (C=O) groups excluding carboxylic acids is 1. The maximum Gasteiger partial charge on any atom is 0.248 e. The first-order chi connectivity index (χ1) is 20.2. The van der Waals surface area contributed by atoms with Gasteiger partial charge in [-0.2, -0.15) is 0 Å². The number of carbonyl (C=O) groups is 1. The average molecular weight is 589 g/mol. The standard InChI is InChI=1S/C33H46F2N2O5/c1-36-19-17-32(18-20-36,26-7-5-4-6-8-26)28-23-25(9-10-29(28)38)13-21-42-22-14-30(39)37(24-31(40-2)41-3)27-11-15-33(34,35)16-12-27/h4-10,23,27,31,38H,11-22,24H2,1-3H3. The van der Waals surface area contributed by atoms with E-state index in [1.165, 1.54) is 19.8 Å². The second kappa shape index (κ2) is 14.7. The molecule has 2 aliphatic rings. The number of phenolic OH excluding ortho intramolecular Hbond substituents is 1. The monoisotopic (exact) mass is 588 g/mol. The van der Waals surface area contributed by atoms with Crippen LogP contribution in [-0.4, -0.2) is 93.2 Å². The maximum absolute atomic E-state index is 13.8. The molecule has 1 saturated heterocycles. The van der Waals surface area contributed by atoms with Crippen molar-refractivity contribution in [2.45, 2.75) is 75.0 Å². The van der Waals surface area contributed by atoms with Gasteiger partial charge >= 0.3 is 0 Å². The molecule has 0 radical (unpaired) electrons. The van der Waals surface area contributed by atoms with Crippen LogP contribution in [0.15, 0.2) is 48.5 Å². The van der Waals surface area contributed by atoms with Crippen molar-refractivity contribution in [2.75, 3.05) is 54.1 Å². The molecule has 7 nitrogen and oxygen atoms in total. The topological polar surface area (TPSA) is 71.5 Å². The Morgan fingerprint density at radius 1 is 1.02 bits per heavy atom. The van der Waals surface area contributed by atoms with E-state index in [1.807, 2.05) is 12.1 Å². The van der Waals surface area contributed by atoms with Crippen LogP contribution in [0.25, 0.3) is 0 Å². The molecular weight excluding hydrogens is 542 g/mol. The lowest BCUT2D eigenvalue weighted by molar-refractivity contribution is -0.154. The van der Waals surface area contributed by atoms with Crippen molar-refractivity contribution in [1.29, 1.82) is 0 Å². The quantitative estimate of drug-likeness (QED) is 0.250. The Morgan fingerprint density at radius 3 is 2.33 bits per heavy atom. The Bertz CT molecular complexity index is 1130. The molecule has 232 valence electrons. The highest BCUT2D eigenvalue weighted by Gasteiger charge is 2.40. The molecule has 9 heteroatoms. The number of methoxy groups -OCH3 is 2. The number of phenols is 1. The highest BCUT2D eigenvalue weighted by molar-refractivity contribution is 5.76.